The molecular weight excluding hydrogens is 197 g/mol. The van der Waals surface area contributed by atoms with E-state index in [4.69, 9.17) is 10.9 Å². The van der Waals surface area contributed by atoms with Crippen LogP contribution in [0.15, 0.2) is 0 Å². The molecule has 0 spiro atoms. The van der Waals surface area contributed by atoms with Gasteiger partial charge in [0.25, 0.3) is 0 Å². The van der Waals surface area contributed by atoms with Crippen molar-refractivity contribution < 1.29 is 17.9 Å². The number of terminal acetylenes is 1. The first-order valence-electron chi connectivity index (χ1n) is 3.90. The molecule has 3 atom stereocenters. The van der Waals surface area contributed by atoms with Gasteiger partial charge in [-0.2, -0.15) is 0 Å². The van der Waals surface area contributed by atoms with Crippen LogP contribution in [-0.4, -0.2) is 25.9 Å². The zero-order chi connectivity index (χ0) is 10.1. The third-order valence-corrected chi connectivity index (χ3v) is 4.94. The minimum atomic E-state index is -2.86. The average Bonchev–Trinajstić information content (AvgIpc) is 2.44. The normalized spacial score (nSPS) is 39.3. The molecule has 2 nitrogen and oxygen atoms in total. The lowest BCUT2D eigenvalue weighted by atomic mass is 9.98. The van der Waals surface area contributed by atoms with Crippen LogP contribution < -0.4 is 0 Å². The Morgan fingerprint density at radius 1 is 1.62 bits per heavy atom. The highest BCUT2D eigenvalue weighted by Crippen LogP contribution is 2.57. The molecule has 13 heavy (non-hydrogen) atoms. The van der Waals surface area contributed by atoms with E-state index in [9.17, 15) is 13.3 Å². The summed E-state index contributed by atoms with van der Waals surface area (Å²) in [5.41, 5.74) is 0. The first-order valence-corrected chi connectivity index (χ1v) is 5.90. The highest BCUT2D eigenvalue weighted by atomic mass is 31.2. The number of hydrogen-bond acceptors (Lipinski definition) is 2. The quantitative estimate of drug-likeness (QED) is 0.512. The summed E-state index contributed by atoms with van der Waals surface area (Å²) in [5, 5.41) is 0. The van der Waals surface area contributed by atoms with Crippen molar-refractivity contribution >= 4 is 7.37 Å². The SMILES string of the molecule is C#CC1CP(=O)(OC)CC1C(F)F. The fourth-order valence-corrected chi connectivity index (χ4v) is 4.02. The number of halogens is 2. The molecule has 1 fully saturated rings. The van der Waals surface area contributed by atoms with Crippen molar-refractivity contribution in [3.05, 3.63) is 0 Å². The molecule has 1 saturated heterocycles. The Morgan fingerprint density at radius 3 is 2.54 bits per heavy atom. The summed E-state index contributed by atoms with van der Waals surface area (Å²) in [7, 11) is -1.58. The molecular formula is C8H11F2O2P. The Bertz CT molecular complexity index is 272. The van der Waals surface area contributed by atoms with E-state index in [0.29, 0.717) is 0 Å². The number of hydrogen-bond donors (Lipinski definition) is 0. The molecule has 0 aromatic carbocycles. The van der Waals surface area contributed by atoms with E-state index in [2.05, 4.69) is 5.92 Å². The molecule has 1 heterocycles. The largest absolute Gasteiger partial charge is 0.332 e. The van der Waals surface area contributed by atoms with Crippen molar-refractivity contribution in [1.29, 1.82) is 0 Å². The highest BCUT2D eigenvalue weighted by Gasteiger charge is 2.45. The molecule has 0 amide bonds. The maximum absolute atomic E-state index is 12.4. The van der Waals surface area contributed by atoms with Crippen LogP contribution in [0.4, 0.5) is 8.78 Å². The Morgan fingerprint density at radius 2 is 2.23 bits per heavy atom. The third kappa shape index (κ3) is 2.10. The van der Waals surface area contributed by atoms with Gasteiger partial charge in [0.05, 0.1) is 0 Å². The molecule has 1 aliphatic rings. The maximum Gasteiger partial charge on any atom is 0.243 e. The van der Waals surface area contributed by atoms with Crippen LogP contribution in [0.3, 0.4) is 0 Å². The van der Waals surface area contributed by atoms with Gasteiger partial charge in [-0.3, -0.25) is 4.57 Å². The smallest absolute Gasteiger partial charge is 0.243 e. The lowest BCUT2D eigenvalue weighted by Crippen LogP contribution is -2.18. The molecule has 0 bridgehead atoms. The van der Waals surface area contributed by atoms with Crippen molar-refractivity contribution in [3.63, 3.8) is 0 Å². The van der Waals surface area contributed by atoms with Gasteiger partial charge in [-0.25, -0.2) is 8.78 Å². The molecule has 0 aromatic heterocycles. The predicted octanol–water partition coefficient (Wildman–Crippen LogP) is 2.06. The molecule has 3 unspecified atom stereocenters. The Labute approximate surface area is 76.1 Å². The van der Waals surface area contributed by atoms with Crippen molar-refractivity contribution in [1.82, 2.24) is 0 Å². The Balaban J connectivity index is 2.80. The van der Waals surface area contributed by atoms with Crippen molar-refractivity contribution in [3.8, 4) is 12.3 Å². The average molecular weight is 208 g/mol. The summed E-state index contributed by atoms with van der Waals surface area (Å²) >= 11 is 0. The van der Waals surface area contributed by atoms with Gasteiger partial charge in [-0.15, -0.1) is 12.3 Å². The van der Waals surface area contributed by atoms with Gasteiger partial charge in [-0.1, -0.05) is 0 Å². The summed E-state index contributed by atoms with van der Waals surface area (Å²) in [6.07, 6.45) is 2.58. The second-order valence-electron chi connectivity index (χ2n) is 3.13. The van der Waals surface area contributed by atoms with Gasteiger partial charge >= 0.3 is 0 Å². The number of alkyl halides is 2. The standard InChI is InChI=1S/C8H11F2O2P/c1-3-6-4-13(11,12-2)5-7(6)8(9)10/h1,6-8H,4-5H2,2H3. The lowest BCUT2D eigenvalue weighted by molar-refractivity contribution is 0.0770. The minimum absolute atomic E-state index is 0.0873. The first-order chi connectivity index (χ1) is 6.02. The van der Waals surface area contributed by atoms with E-state index < -0.39 is 25.6 Å². The summed E-state index contributed by atoms with van der Waals surface area (Å²) in [4.78, 5) is 0. The van der Waals surface area contributed by atoms with Crippen molar-refractivity contribution in [2.24, 2.45) is 11.8 Å². The van der Waals surface area contributed by atoms with Crippen molar-refractivity contribution in [2.75, 3.05) is 19.4 Å². The van der Waals surface area contributed by atoms with E-state index in [0.717, 1.165) is 0 Å². The van der Waals surface area contributed by atoms with Crippen LogP contribution in [0.1, 0.15) is 0 Å². The summed E-state index contributed by atoms with van der Waals surface area (Å²) < 4.78 is 41.1. The van der Waals surface area contributed by atoms with Crippen LogP contribution in [0.5, 0.6) is 0 Å². The zero-order valence-corrected chi connectivity index (χ0v) is 8.14. The van der Waals surface area contributed by atoms with Gasteiger partial charge in [0.15, 0.2) is 0 Å². The molecule has 0 radical (unpaired) electrons. The fourth-order valence-electron chi connectivity index (χ4n) is 1.54. The lowest BCUT2D eigenvalue weighted by Gasteiger charge is -2.10. The molecule has 0 aromatic rings. The van der Waals surface area contributed by atoms with E-state index in [1.54, 1.807) is 0 Å². The van der Waals surface area contributed by atoms with E-state index in [1.165, 1.54) is 7.11 Å². The van der Waals surface area contributed by atoms with E-state index in [1.807, 2.05) is 0 Å². The van der Waals surface area contributed by atoms with Gasteiger partial charge in [0.1, 0.15) is 0 Å². The third-order valence-electron chi connectivity index (χ3n) is 2.35. The first kappa shape index (κ1) is 10.7. The Kier molecular flexibility index (Phi) is 3.10. The Hall–Kier alpha value is -0.390. The molecule has 74 valence electrons. The van der Waals surface area contributed by atoms with Gasteiger partial charge < -0.3 is 4.52 Å². The summed E-state index contributed by atoms with van der Waals surface area (Å²) in [5.74, 6) is 0.685. The molecule has 0 aliphatic carbocycles. The van der Waals surface area contributed by atoms with E-state index >= 15 is 0 Å². The molecule has 1 aliphatic heterocycles. The van der Waals surface area contributed by atoms with E-state index in [-0.39, 0.29) is 12.3 Å². The van der Waals surface area contributed by atoms with Gasteiger partial charge in [0, 0.05) is 31.3 Å². The second-order valence-corrected chi connectivity index (χ2v) is 5.86. The fraction of sp³-hybridized carbons (Fsp3) is 0.750. The minimum Gasteiger partial charge on any atom is -0.332 e. The number of rotatable bonds is 2. The summed E-state index contributed by atoms with van der Waals surface area (Å²) in [6.45, 7) is 0. The predicted molar refractivity (Wildman–Crippen MR) is 46.2 cm³/mol. The molecule has 0 N–H and O–H groups in total. The summed E-state index contributed by atoms with van der Waals surface area (Å²) in [6, 6.07) is 0. The maximum atomic E-state index is 12.4. The second kappa shape index (κ2) is 3.77. The highest BCUT2D eigenvalue weighted by molar-refractivity contribution is 7.59. The molecule has 5 heteroatoms. The molecule has 0 saturated carbocycles. The van der Waals surface area contributed by atoms with Crippen molar-refractivity contribution in [2.45, 2.75) is 6.43 Å². The van der Waals surface area contributed by atoms with Crippen LogP contribution in [0, 0.1) is 24.2 Å². The van der Waals surface area contributed by atoms with Gasteiger partial charge in [0.2, 0.25) is 13.8 Å². The van der Waals surface area contributed by atoms with Crippen LogP contribution in [0.25, 0.3) is 0 Å². The zero-order valence-electron chi connectivity index (χ0n) is 7.24. The van der Waals surface area contributed by atoms with Crippen LogP contribution in [0.2, 0.25) is 0 Å². The van der Waals surface area contributed by atoms with Crippen LogP contribution >= 0.6 is 7.37 Å². The topological polar surface area (TPSA) is 26.3 Å². The van der Waals surface area contributed by atoms with Gasteiger partial charge in [-0.05, 0) is 0 Å². The monoisotopic (exact) mass is 208 g/mol. The van der Waals surface area contributed by atoms with Crippen LogP contribution in [-0.2, 0) is 9.09 Å². The molecule has 1 rings (SSSR count).